The van der Waals surface area contributed by atoms with E-state index in [2.05, 4.69) is 15.0 Å². The lowest BCUT2D eigenvalue weighted by Crippen LogP contribution is -2.04. The molecule has 78 valence electrons. The Hall–Kier alpha value is -2.68. The van der Waals surface area contributed by atoms with Crippen LogP contribution >= 0.6 is 0 Å². The van der Waals surface area contributed by atoms with Crippen molar-refractivity contribution >= 4 is 11.8 Å². The van der Waals surface area contributed by atoms with E-state index in [1.807, 2.05) is 6.07 Å². The number of nitriles is 1. The Labute approximate surface area is 91.6 Å². The molecule has 2 aromatic heterocycles. The second-order valence-electron chi connectivity index (χ2n) is 3.04. The van der Waals surface area contributed by atoms with E-state index in [1.165, 1.54) is 0 Å². The van der Waals surface area contributed by atoms with Crippen LogP contribution in [0, 0.1) is 11.3 Å². The van der Waals surface area contributed by atoms with Gasteiger partial charge in [0.15, 0.2) is 0 Å². The highest BCUT2D eigenvalue weighted by atomic mass is 15.0. The number of hydrogen-bond acceptors (Lipinski definition) is 6. The van der Waals surface area contributed by atoms with E-state index in [1.54, 1.807) is 24.5 Å². The van der Waals surface area contributed by atoms with Gasteiger partial charge in [0, 0.05) is 18.0 Å². The lowest BCUT2D eigenvalue weighted by Gasteiger charge is -2.05. The fourth-order valence-corrected chi connectivity index (χ4v) is 1.32. The molecule has 0 atom stereocenters. The summed E-state index contributed by atoms with van der Waals surface area (Å²) in [6, 6.07) is 5.41. The topological polar surface area (TPSA) is 114 Å². The summed E-state index contributed by atoms with van der Waals surface area (Å²) in [6.07, 6.45) is 3.20. The molecular formula is C10H8N6. The second-order valence-corrected chi connectivity index (χ2v) is 3.04. The van der Waals surface area contributed by atoms with Gasteiger partial charge in [-0.25, -0.2) is 4.98 Å². The number of nitrogen functional groups attached to an aromatic ring is 2. The van der Waals surface area contributed by atoms with Crippen LogP contribution in [0.1, 0.15) is 5.56 Å². The lowest BCUT2D eigenvalue weighted by atomic mass is 10.1. The molecule has 0 saturated heterocycles. The van der Waals surface area contributed by atoms with E-state index in [0.717, 1.165) is 5.56 Å². The molecule has 0 spiro atoms. The maximum Gasteiger partial charge on any atom is 0.222 e. The summed E-state index contributed by atoms with van der Waals surface area (Å²) in [5, 5.41) is 8.99. The van der Waals surface area contributed by atoms with Crippen LogP contribution in [-0.2, 0) is 0 Å². The molecule has 16 heavy (non-hydrogen) atoms. The SMILES string of the molecule is N#Cc1c(N)nc(N)nc1-c1ccncc1. The number of rotatable bonds is 1. The van der Waals surface area contributed by atoms with Gasteiger partial charge in [-0.3, -0.25) is 4.98 Å². The van der Waals surface area contributed by atoms with Crippen molar-refractivity contribution in [3.05, 3.63) is 30.1 Å². The van der Waals surface area contributed by atoms with Gasteiger partial charge in [0.1, 0.15) is 17.5 Å². The van der Waals surface area contributed by atoms with Crippen molar-refractivity contribution in [1.29, 1.82) is 5.26 Å². The smallest absolute Gasteiger partial charge is 0.222 e. The van der Waals surface area contributed by atoms with E-state index in [-0.39, 0.29) is 17.3 Å². The molecule has 2 aromatic rings. The fourth-order valence-electron chi connectivity index (χ4n) is 1.32. The number of aromatic nitrogens is 3. The lowest BCUT2D eigenvalue weighted by molar-refractivity contribution is 1.18. The zero-order chi connectivity index (χ0) is 11.5. The largest absolute Gasteiger partial charge is 0.382 e. The summed E-state index contributed by atoms with van der Waals surface area (Å²) in [4.78, 5) is 11.6. The predicted octanol–water partition coefficient (Wildman–Crippen LogP) is 0.575. The van der Waals surface area contributed by atoms with Crippen LogP contribution in [0.5, 0.6) is 0 Å². The molecule has 0 saturated carbocycles. The third kappa shape index (κ3) is 1.62. The molecule has 2 heterocycles. The summed E-state index contributed by atoms with van der Waals surface area (Å²) in [6.45, 7) is 0. The van der Waals surface area contributed by atoms with Crippen molar-refractivity contribution in [1.82, 2.24) is 15.0 Å². The van der Waals surface area contributed by atoms with Crippen LogP contribution in [0.25, 0.3) is 11.3 Å². The molecule has 0 aromatic carbocycles. The Morgan fingerprint density at radius 3 is 2.44 bits per heavy atom. The van der Waals surface area contributed by atoms with Crippen molar-refractivity contribution in [2.45, 2.75) is 0 Å². The van der Waals surface area contributed by atoms with Gasteiger partial charge >= 0.3 is 0 Å². The molecule has 0 aliphatic heterocycles. The zero-order valence-electron chi connectivity index (χ0n) is 8.25. The van der Waals surface area contributed by atoms with Crippen LogP contribution < -0.4 is 11.5 Å². The summed E-state index contributed by atoms with van der Waals surface area (Å²) in [5.41, 5.74) is 12.5. The van der Waals surface area contributed by atoms with Crippen molar-refractivity contribution in [2.24, 2.45) is 0 Å². The third-order valence-corrected chi connectivity index (χ3v) is 2.02. The maximum atomic E-state index is 8.99. The van der Waals surface area contributed by atoms with Crippen molar-refractivity contribution in [2.75, 3.05) is 11.5 Å². The second kappa shape index (κ2) is 3.82. The molecule has 0 unspecified atom stereocenters. The van der Waals surface area contributed by atoms with E-state index >= 15 is 0 Å². The minimum absolute atomic E-state index is 0.0447. The van der Waals surface area contributed by atoms with Crippen LogP contribution in [0.3, 0.4) is 0 Å². The quantitative estimate of drug-likeness (QED) is 0.714. The fraction of sp³-hybridized carbons (Fsp3) is 0. The van der Waals surface area contributed by atoms with E-state index in [9.17, 15) is 0 Å². The Morgan fingerprint density at radius 1 is 1.12 bits per heavy atom. The third-order valence-electron chi connectivity index (χ3n) is 2.02. The highest BCUT2D eigenvalue weighted by Crippen LogP contribution is 2.24. The van der Waals surface area contributed by atoms with E-state index in [4.69, 9.17) is 16.7 Å². The first-order valence-corrected chi connectivity index (χ1v) is 4.46. The Bertz CT molecular complexity index is 558. The van der Waals surface area contributed by atoms with Crippen LogP contribution in [-0.4, -0.2) is 15.0 Å². The predicted molar refractivity (Wildman–Crippen MR) is 58.8 cm³/mol. The van der Waals surface area contributed by atoms with Crippen LogP contribution in [0.15, 0.2) is 24.5 Å². The summed E-state index contributed by atoms with van der Waals surface area (Å²) < 4.78 is 0. The first kappa shape index (κ1) is 9.86. The Kier molecular flexibility index (Phi) is 2.36. The normalized spacial score (nSPS) is 9.69. The summed E-state index contributed by atoms with van der Waals surface area (Å²) in [7, 11) is 0. The monoisotopic (exact) mass is 212 g/mol. The number of nitrogens with two attached hydrogens (primary N) is 2. The highest BCUT2D eigenvalue weighted by Gasteiger charge is 2.12. The van der Waals surface area contributed by atoms with Gasteiger partial charge in [-0.2, -0.15) is 10.2 Å². The molecule has 0 aliphatic rings. The number of hydrogen-bond donors (Lipinski definition) is 2. The van der Waals surface area contributed by atoms with Gasteiger partial charge in [0.25, 0.3) is 0 Å². The summed E-state index contributed by atoms with van der Waals surface area (Å²) in [5.74, 6) is 0.130. The van der Waals surface area contributed by atoms with E-state index in [0.29, 0.717) is 5.69 Å². The highest BCUT2D eigenvalue weighted by molar-refractivity contribution is 5.72. The van der Waals surface area contributed by atoms with E-state index < -0.39 is 0 Å². The first-order chi connectivity index (χ1) is 7.72. The zero-order valence-corrected chi connectivity index (χ0v) is 8.25. The minimum atomic E-state index is 0.0447. The van der Waals surface area contributed by atoms with Gasteiger partial charge in [-0.05, 0) is 12.1 Å². The molecule has 0 aliphatic carbocycles. The average Bonchev–Trinajstić information content (AvgIpc) is 2.29. The van der Waals surface area contributed by atoms with Gasteiger partial charge in [0.05, 0.1) is 5.69 Å². The molecule has 0 bridgehead atoms. The van der Waals surface area contributed by atoms with Crippen LogP contribution in [0.4, 0.5) is 11.8 Å². The van der Waals surface area contributed by atoms with Crippen molar-refractivity contribution < 1.29 is 0 Å². The minimum Gasteiger partial charge on any atom is -0.382 e. The molecule has 0 radical (unpaired) electrons. The maximum absolute atomic E-state index is 8.99. The van der Waals surface area contributed by atoms with Crippen molar-refractivity contribution in [3.8, 4) is 17.3 Å². The molecular weight excluding hydrogens is 204 g/mol. The molecule has 6 nitrogen and oxygen atoms in total. The Morgan fingerprint density at radius 2 is 1.81 bits per heavy atom. The molecule has 4 N–H and O–H groups in total. The Balaban J connectivity index is 2.70. The van der Waals surface area contributed by atoms with Gasteiger partial charge in [0.2, 0.25) is 5.95 Å². The first-order valence-electron chi connectivity index (χ1n) is 4.46. The number of pyridine rings is 1. The van der Waals surface area contributed by atoms with Crippen molar-refractivity contribution in [3.63, 3.8) is 0 Å². The molecule has 0 amide bonds. The molecule has 0 fully saturated rings. The standard InChI is InChI=1S/C10H8N6/c11-5-7-8(6-1-3-14-4-2-6)15-10(13)16-9(7)12/h1-4H,(H4,12,13,15,16). The van der Waals surface area contributed by atoms with Gasteiger partial charge in [-0.15, -0.1) is 0 Å². The number of nitrogens with zero attached hydrogens (tertiary/aromatic N) is 4. The summed E-state index contributed by atoms with van der Waals surface area (Å²) >= 11 is 0. The van der Waals surface area contributed by atoms with Gasteiger partial charge < -0.3 is 11.5 Å². The van der Waals surface area contributed by atoms with Gasteiger partial charge in [-0.1, -0.05) is 0 Å². The average molecular weight is 212 g/mol. The molecule has 2 rings (SSSR count). The number of anilines is 2. The van der Waals surface area contributed by atoms with Crippen LogP contribution in [0.2, 0.25) is 0 Å². The molecule has 6 heteroatoms.